The Hall–Kier alpha value is -2.83. The molecule has 1 amide bonds. The molecule has 5 nitrogen and oxygen atoms in total. The molecule has 0 saturated heterocycles. The first-order valence-electron chi connectivity index (χ1n) is 8.56. The highest BCUT2D eigenvalue weighted by molar-refractivity contribution is 7.92. The summed E-state index contributed by atoms with van der Waals surface area (Å²) in [5, 5.41) is 2.83. The van der Waals surface area contributed by atoms with Gasteiger partial charge in [-0.05, 0) is 42.8 Å². The normalized spacial score (nSPS) is 11.1. The number of hydrogen-bond acceptors (Lipinski definition) is 3. The molecule has 28 heavy (non-hydrogen) atoms. The van der Waals surface area contributed by atoms with Crippen molar-refractivity contribution in [3.63, 3.8) is 0 Å². The number of benzene rings is 3. The van der Waals surface area contributed by atoms with Crippen molar-refractivity contribution in [1.82, 2.24) is 5.32 Å². The lowest BCUT2D eigenvalue weighted by Crippen LogP contribution is -2.23. The number of carbonyl (C=O) groups excluding carboxylic acids is 1. The topological polar surface area (TPSA) is 75.3 Å². The van der Waals surface area contributed by atoms with Gasteiger partial charge in [-0.3, -0.25) is 9.52 Å². The molecule has 0 fully saturated rings. The predicted molar refractivity (Wildman–Crippen MR) is 111 cm³/mol. The fraction of sp³-hybridized carbons (Fsp3) is 0.0952. The Kier molecular flexibility index (Phi) is 6.02. The summed E-state index contributed by atoms with van der Waals surface area (Å²) in [6.07, 6.45) is 0. The number of sulfonamides is 1. The van der Waals surface area contributed by atoms with Crippen LogP contribution in [0.2, 0.25) is 5.02 Å². The molecule has 0 atom stereocenters. The van der Waals surface area contributed by atoms with Gasteiger partial charge >= 0.3 is 0 Å². The third-order valence-corrected chi connectivity index (χ3v) is 5.95. The minimum Gasteiger partial charge on any atom is -0.348 e. The molecular weight excluding hydrogens is 396 g/mol. The average molecular weight is 415 g/mol. The van der Waals surface area contributed by atoms with Gasteiger partial charge in [-0.1, -0.05) is 59.6 Å². The fourth-order valence-corrected chi connectivity index (χ4v) is 4.14. The second kappa shape index (κ2) is 8.46. The lowest BCUT2D eigenvalue weighted by molar-refractivity contribution is 0.0950. The molecule has 144 valence electrons. The van der Waals surface area contributed by atoms with E-state index in [-0.39, 0.29) is 21.4 Å². The Morgan fingerprint density at radius 2 is 1.64 bits per heavy atom. The maximum atomic E-state index is 12.7. The van der Waals surface area contributed by atoms with Gasteiger partial charge in [0.15, 0.2) is 0 Å². The second-order valence-electron chi connectivity index (χ2n) is 6.29. The third kappa shape index (κ3) is 4.91. The summed E-state index contributed by atoms with van der Waals surface area (Å²) in [4.78, 5) is 12.3. The highest BCUT2D eigenvalue weighted by Crippen LogP contribution is 2.25. The largest absolute Gasteiger partial charge is 0.348 e. The number of aryl methyl sites for hydroxylation is 1. The maximum Gasteiger partial charge on any atom is 0.263 e. The van der Waals surface area contributed by atoms with Crippen molar-refractivity contribution in [2.45, 2.75) is 18.4 Å². The molecule has 0 aliphatic heterocycles. The third-order valence-electron chi connectivity index (χ3n) is 4.08. The highest BCUT2D eigenvalue weighted by Gasteiger charge is 2.20. The van der Waals surface area contributed by atoms with E-state index >= 15 is 0 Å². The van der Waals surface area contributed by atoms with Gasteiger partial charge in [0.1, 0.15) is 4.90 Å². The Morgan fingerprint density at radius 3 is 2.32 bits per heavy atom. The van der Waals surface area contributed by atoms with Crippen LogP contribution in [0.5, 0.6) is 0 Å². The summed E-state index contributed by atoms with van der Waals surface area (Å²) < 4.78 is 27.8. The van der Waals surface area contributed by atoms with E-state index in [0.717, 1.165) is 11.1 Å². The lowest BCUT2D eigenvalue weighted by Gasteiger charge is -2.11. The summed E-state index contributed by atoms with van der Waals surface area (Å²) in [6, 6.07) is 20.4. The molecule has 0 heterocycles. The first-order chi connectivity index (χ1) is 13.3. The summed E-state index contributed by atoms with van der Waals surface area (Å²) in [6.45, 7) is 2.33. The van der Waals surface area contributed by atoms with Crippen LogP contribution in [-0.4, -0.2) is 14.3 Å². The van der Waals surface area contributed by atoms with E-state index < -0.39 is 10.0 Å². The number of carbonyl (C=O) groups is 1. The molecule has 2 N–H and O–H groups in total. The second-order valence-corrected chi connectivity index (χ2v) is 8.34. The first kappa shape index (κ1) is 19.9. The quantitative estimate of drug-likeness (QED) is 0.628. The number of hydrogen-bond donors (Lipinski definition) is 2. The van der Waals surface area contributed by atoms with Crippen LogP contribution in [-0.2, 0) is 16.6 Å². The van der Waals surface area contributed by atoms with E-state index in [1.54, 1.807) is 30.3 Å². The SMILES string of the molecule is Cc1ccc(CNC(=O)c2ccc(Cl)c(S(=O)(=O)Nc3ccccc3)c2)cc1. The number of halogens is 1. The van der Waals surface area contributed by atoms with Crippen LogP contribution in [0.1, 0.15) is 21.5 Å². The highest BCUT2D eigenvalue weighted by atomic mass is 35.5. The van der Waals surface area contributed by atoms with Crippen molar-refractivity contribution in [1.29, 1.82) is 0 Å². The zero-order chi connectivity index (χ0) is 20.1. The van der Waals surface area contributed by atoms with Gasteiger partial charge in [0, 0.05) is 17.8 Å². The Morgan fingerprint density at radius 1 is 0.964 bits per heavy atom. The van der Waals surface area contributed by atoms with E-state index in [4.69, 9.17) is 11.6 Å². The molecule has 0 aliphatic carbocycles. The van der Waals surface area contributed by atoms with E-state index in [9.17, 15) is 13.2 Å². The molecule has 0 radical (unpaired) electrons. The molecule has 3 aromatic rings. The minimum absolute atomic E-state index is 0.0403. The van der Waals surface area contributed by atoms with Crippen LogP contribution < -0.4 is 10.0 Å². The van der Waals surface area contributed by atoms with Crippen LogP contribution in [0.4, 0.5) is 5.69 Å². The van der Waals surface area contributed by atoms with E-state index in [0.29, 0.717) is 12.2 Å². The molecule has 0 unspecified atom stereocenters. The number of para-hydroxylation sites is 1. The zero-order valence-electron chi connectivity index (χ0n) is 15.1. The van der Waals surface area contributed by atoms with Crippen molar-refractivity contribution < 1.29 is 13.2 Å². The molecule has 3 aromatic carbocycles. The van der Waals surface area contributed by atoms with Crippen molar-refractivity contribution in [3.05, 3.63) is 94.5 Å². The number of amides is 1. The number of anilines is 1. The number of rotatable bonds is 6. The van der Waals surface area contributed by atoms with Crippen LogP contribution in [0, 0.1) is 6.92 Å². The van der Waals surface area contributed by atoms with Gasteiger partial charge in [0.2, 0.25) is 0 Å². The van der Waals surface area contributed by atoms with Gasteiger partial charge in [-0.15, -0.1) is 0 Å². The van der Waals surface area contributed by atoms with Crippen LogP contribution in [0.25, 0.3) is 0 Å². The summed E-state index contributed by atoms with van der Waals surface area (Å²) in [5.74, 6) is -0.381. The van der Waals surface area contributed by atoms with Crippen molar-refractivity contribution >= 4 is 33.2 Å². The van der Waals surface area contributed by atoms with E-state index in [2.05, 4.69) is 10.0 Å². The van der Waals surface area contributed by atoms with Gasteiger partial charge in [0.25, 0.3) is 15.9 Å². The van der Waals surface area contributed by atoms with Crippen molar-refractivity contribution in [2.75, 3.05) is 4.72 Å². The fourth-order valence-electron chi connectivity index (χ4n) is 2.56. The minimum atomic E-state index is -3.93. The summed E-state index contributed by atoms with van der Waals surface area (Å²) in [5.41, 5.74) is 2.71. The van der Waals surface area contributed by atoms with Gasteiger partial charge in [-0.25, -0.2) is 8.42 Å². The summed E-state index contributed by atoms with van der Waals surface area (Å²) in [7, 11) is -3.93. The first-order valence-corrected chi connectivity index (χ1v) is 10.4. The van der Waals surface area contributed by atoms with Gasteiger partial charge in [-0.2, -0.15) is 0 Å². The molecule has 0 spiro atoms. The molecular formula is C21H19ClN2O3S. The Bertz CT molecular complexity index is 1080. The average Bonchev–Trinajstić information content (AvgIpc) is 2.68. The van der Waals surface area contributed by atoms with E-state index in [1.165, 1.54) is 18.2 Å². The molecule has 0 aromatic heterocycles. The lowest BCUT2D eigenvalue weighted by atomic mass is 10.1. The molecule has 3 rings (SSSR count). The molecule has 0 aliphatic rings. The Labute approximate surface area is 169 Å². The van der Waals surface area contributed by atoms with Gasteiger partial charge in [0.05, 0.1) is 5.02 Å². The maximum absolute atomic E-state index is 12.7. The smallest absolute Gasteiger partial charge is 0.263 e. The summed E-state index contributed by atoms with van der Waals surface area (Å²) >= 11 is 6.09. The van der Waals surface area contributed by atoms with Gasteiger partial charge < -0.3 is 5.32 Å². The standard InChI is InChI=1S/C21H19ClN2O3S/c1-15-7-9-16(10-8-15)14-23-21(25)17-11-12-19(22)20(13-17)28(26,27)24-18-5-3-2-4-6-18/h2-13,24H,14H2,1H3,(H,23,25). The molecule has 0 saturated carbocycles. The monoisotopic (exact) mass is 414 g/mol. The van der Waals surface area contributed by atoms with E-state index in [1.807, 2.05) is 31.2 Å². The van der Waals surface area contributed by atoms with Crippen LogP contribution in [0.15, 0.2) is 77.7 Å². The number of nitrogens with one attached hydrogen (secondary N) is 2. The Balaban J connectivity index is 1.78. The van der Waals surface area contributed by atoms with Crippen molar-refractivity contribution in [3.8, 4) is 0 Å². The van der Waals surface area contributed by atoms with Crippen LogP contribution in [0.3, 0.4) is 0 Å². The van der Waals surface area contributed by atoms with Crippen LogP contribution >= 0.6 is 11.6 Å². The van der Waals surface area contributed by atoms with Crippen molar-refractivity contribution in [2.24, 2.45) is 0 Å². The molecule has 0 bridgehead atoms. The predicted octanol–water partition coefficient (Wildman–Crippen LogP) is 4.38. The zero-order valence-corrected chi connectivity index (χ0v) is 16.7. The molecule has 7 heteroatoms.